The molecule has 1 aliphatic heterocycles. The van der Waals surface area contributed by atoms with Gasteiger partial charge in [-0.15, -0.1) is 22.7 Å². The van der Waals surface area contributed by atoms with Crippen molar-refractivity contribution in [1.82, 2.24) is 0 Å². The highest BCUT2D eigenvalue weighted by molar-refractivity contribution is 7.17. The van der Waals surface area contributed by atoms with E-state index in [1.54, 1.807) is 18.2 Å². The first kappa shape index (κ1) is 20.2. The maximum atomic E-state index is 12.7. The number of amides is 1. The van der Waals surface area contributed by atoms with Gasteiger partial charge in [-0.25, -0.2) is 4.79 Å². The van der Waals surface area contributed by atoms with Gasteiger partial charge in [0.05, 0.1) is 17.6 Å². The summed E-state index contributed by atoms with van der Waals surface area (Å²) in [5.41, 5.74) is 2.08. The van der Waals surface area contributed by atoms with Crippen LogP contribution in [0.15, 0.2) is 29.6 Å². The molecule has 9 heteroatoms. The average Bonchev–Trinajstić information content (AvgIpc) is 3.45. The van der Waals surface area contributed by atoms with Crippen molar-refractivity contribution < 1.29 is 28.5 Å². The van der Waals surface area contributed by atoms with Gasteiger partial charge < -0.3 is 24.3 Å². The number of hydrogen-bond acceptors (Lipinski definition) is 8. The SMILES string of the molecule is COC(=O)c1c(NC(=O)c2cc(COc3ccc4c(c3)OCO4)cs2)sc(C)c1C. The lowest BCUT2D eigenvalue weighted by atomic mass is 10.1. The summed E-state index contributed by atoms with van der Waals surface area (Å²) in [6.45, 7) is 4.26. The molecule has 4 rings (SSSR count). The van der Waals surface area contributed by atoms with Crippen LogP contribution in [-0.4, -0.2) is 25.8 Å². The smallest absolute Gasteiger partial charge is 0.341 e. The molecule has 0 saturated carbocycles. The Balaban J connectivity index is 1.42. The van der Waals surface area contributed by atoms with Crippen molar-refractivity contribution in [3.63, 3.8) is 0 Å². The molecule has 1 amide bonds. The zero-order chi connectivity index (χ0) is 21.3. The lowest BCUT2D eigenvalue weighted by Crippen LogP contribution is -2.13. The van der Waals surface area contributed by atoms with Gasteiger partial charge in [-0.3, -0.25) is 4.79 Å². The van der Waals surface area contributed by atoms with Crippen molar-refractivity contribution in [1.29, 1.82) is 0 Å². The summed E-state index contributed by atoms with van der Waals surface area (Å²) < 4.78 is 21.3. The van der Waals surface area contributed by atoms with Gasteiger partial charge >= 0.3 is 5.97 Å². The van der Waals surface area contributed by atoms with Crippen LogP contribution >= 0.6 is 22.7 Å². The number of benzene rings is 1. The number of aryl methyl sites for hydroxylation is 1. The molecular formula is C21H19NO6S2. The highest BCUT2D eigenvalue weighted by atomic mass is 32.1. The van der Waals surface area contributed by atoms with Gasteiger partial charge in [0.2, 0.25) is 6.79 Å². The number of methoxy groups -OCH3 is 1. The largest absolute Gasteiger partial charge is 0.489 e. The lowest BCUT2D eigenvalue weighted by molar-refractivity contribution is 0.0601. The second kappa shape index (κ2) is 8.37. The normalized spacial score (nSPS) is 12.0. The molecular weight excluding hydrogens is 426 g/mol. The lowest BCUT2D eigenvalue weighted by Gasteiger charge is -2.06. The van der Waals surface area contributed by atoms with Crippen molar-refractivity contribution in [3.05, 3.63) is 56.1 Å². The van der Waals surface area contributed by atoms with Crippen LogP contribution < -0.4 is 19.5 Å². The average molecular weight is 446 g/mol. The minimum Gasteiger partial charge on any atom is -0.489 e. The van der Waals surface area contributed by atoms with E-state index in [0.29, 0.717) is 39.3 Å². The van der Waals surface area contributed by atoms with Gasteiger partial charge in [0.25, 0.3) is 5.91 Å². The minimum absolute atomic E-state index is 0.211. The number of esters is 1. The summed E-state index contributed by atoms with van der Waals surface area (Å²) in [6.07, 6.45) is 0. The molecule has 0 radical (unpaired) electrons. The van der Waals surface area contributed by atoms with E-state index in [-0.39, 0.29) is 12.7 Å². The molecule has 2 aromatic heterocycles. The number of hydrogen-bond donors (Lipinski definition) is 1. The number of anilines is 1. The number of rotatable bonds is 6. The quantitative estimate of drug-likeness (QED) is 0.550. The molecule has 1 aliphatic rings. The van der Waals surface area contributed by atoms with Crippen LogP contribution in [0.3, 0.4) is 0 Å². The first-order chi connectivity index (χ1) is 14.5. The van der Waals surface area contributed by atoms with Crippen molar-refractivity contribution >= 4 is 39.6 Å². The standard InChI is InChI=1S/C21H19NO6S2/c1-11-12(2)30-20(18(11)21(24)25-3)22-19(23)17-6-13(9-29-17)8-26-14-4-5-15-16(7-14)28-10-27-15/h4-7,9H,8,10H2,1-3H3,(H,22,23). The fourth-order valence-electron chi connectivity index (χ4n) is 2.93. The van der Waals surface area contributed by atoms with E-state index in [1.165, 1.54) is 29.8 Å². The molecule has 3 aromatic rings. The molecule has 0 spiro atoms. The molecule has 156 valence electrons. The highest BCUT2D eigenvalue weighted by Crippen LogP contribution is 2.36. The second-order valence-corrected chi connectivity index (χ2v) is 8.69. The molecule has 0 fully saturated rings. The molecule has 0 aliphatic carbocycles. The van der Waals surface area contributed by atoms with Crippen molar-refractivity contribution in [2.45, 2.75) is 20.5 Å². The van der Waals surface area contributed by atoms with Gasteiger partial charge in [-0.05, 0) is 43.0 Å². The Bertz CT molecular complexity index is 1120. The zero-order valence-electron chi connectivity index (χ0n) is 16.6. The number of nitrogens with one attached hydrogen (secondary N) is 1. The van der Waals surface area contributed by atoms with Crippen LogP contribution in [0.4, 0.5) is 5.00 Å². The molecule has 0 bridgehead atoms. The van der Waals surface area contributed by atoms with E-state index in [0.717, 1.165) is 16.0 Å². The third-order valence-electron chi connectivity index (χ3n) is 4.63. The maximum absolute atomic E-state index is 12.7. The van der Waals surface area contributed by atoms with E-state index >= 15 is 0 Å². The van der Waals surface area contributed by atoms with Crippen LogP contribution in [0.1, 0.15) is 36.0 Å². The van der Waals surface area contributed by atoms with E-state index in [2.05, 4.69) is 5.32 Å². The Hall–Kier alpha value is -3.04. The van der Waals surface area contributed by atoms with Crippen LogP contribution in [0.5, 0.6) is 17.2 Å². The first-order valence-electron chi connectivity index (χ1n) is 9.05. The number of carbonyl (C=O) groups excluding carboxylic acids is 2. The van der Waals surface area contributed by atoms with Crippen molar-refractivity contribution in [3.8, 4) is 17.2 Å². The topological polar surface area (TPSA) is 83.1 Å². The summed E-state index contributed by atoms with van der Waals surface area (Å²) in [6, 6.07) is 7.16. The fourth-order valence-corrected chi connectivity index (χ4v) is 4.77. The minimum atomic E-state index is -0.462. The van der Waals surface area contributed by atoms with E-state index < -0.39 is 5.97 Å². The van der Waals surface area contributed by atoms with E-state index in [4.69, 9.17) is 18.9 Å². The summed E-state index contributed by atoms with van der Waals surface area (Å²) >= 11 is 2.67. The predicted molar refractivity (Wildman–Crippen MR) is 114 cm³/mol. The van der Waals surface area contributed by atoms with Gasteiger partial charge in [-0.2, -0.15) is 0 Å². The molecule has 0 unspecified atom stereocenters. The summed E-state index contributed by atoms with van der Waals surface area (Å²) in [5, 5.41) is 5.20. The van der Waals surface area contributed by atoms with Gasteiger partial charge in [0.1, 0.15) is 17.4 Å². The van der Waals surface area contributed by atoms with Crippen molar-refractivity contribution in [2.24, 2.45) is 0 Å². The van der Waals surface area contributed by atoms with Crippen LogP contribution in [0, 0.1) is 13.8 Å². The van der Waals surface area contributed by atoms with Crippen LogP contribution in [-0.2, 0) is 11.3 Å². The first-order valence-corrected chi connectivity index (χ1v) is 10.8. The van der Waals surface area contributed by atoms with Gasteiger partial charge in [0.15, 0.2) is 11.5 Å². The second-order valence-electron chi connectivity index (χ2n) is 6.56. The van der Waals surface area contributed by atoms with E-state index in [9.17, 15) is 9.59 Å². The Morgan fingerprint density at radius 1 is 1.17 bits per heavy atom. The predicted octanol–water partition coefficient (Wildman–Crippen LogP) is 4.77. The molecule has 1 N–H and O–H groups in total. The molecule has 1 aromatic carbocycles. The molecule has 0 atom stereocenters. The van der Waals surface area contributed by atoms with Crippen LogP contribution in [0.2, 0.25) is 0 Å². The summed E-state index contributed by atoms with van der Waals surface area (Å²) in [5.74, 6) is 1.27. The Morgan fingerprint density at radius 2 is 1.97 bits per heavy atom. The van der Waals surface area contributed by atoms with Gasteiger partial charge in [-0.1, -0.05) is 0 Å². The molecule has 30 heavy (non-hydrogen) atoms. The number of carbonyl (C=O) groups is 2. The maximum Gasteiger partial charge on any atom is 0.341 e. The number of fused-ring (bicyclic) bond motifs is 1. The molecule has 7 nitrogen and oxygen atoms in total. The van der Waals surface area contributed by atoms with Crippen LogP contribution in [0.25, 0.3) is 0 Å². The van der Waals surface area contributed by atoms with E-state index in [1.807, 2.05) is 25.3 Å². The highest BCUT2D eigenvalue weighted by Gasteiger charge is 2.22. The number of thiophene rings is 2. The zero-order valence-corrected chi connectivity index (χ0v) is 18.2. The van der Waals surface area contributed by atoms with Crippen molar-refractivity contribution in [2.75, 3.05) is 19.2 Å². The Morgan fingerprint density at radius 3 is 2.77 bits per heavy atom. The Kier molecular flexibility index (Phi) is 5.65. The monoisotopic (exact) mass is 445 g/mol. The number of ether oxygens (including phenoxy) is 4. The molecule has 0 saturated heterocycles. The fraction of sp³-hybridized carbons (Fsp3) is 0.238. The summed E-state index contributed by atoms with van der Waals surface area (Å²) in [7, 11) is 1.33. The van der Waals surface area contributed by atoms with Gasteiger partial charge in [0, 0.05) is 16.5 Å². The third-order valence-corrected chi connectivity index (χ3v) is 6.73. The third kappa shape index (κ3) is 3.99. The Labute approximate surface area is 181 Å². The summed E-state index contributed by atoms with van der Waals surface area (Å²) in [4.78, 5) is 26.3. The molecule has 3 heterocycles.